The molecule has 0 saturated heterocycles. The molecule has 3 rings (SSSR count). The fourth-order valence-corrected chi connectivity index (χ4v) is 5.42. The normalized spacial score (nSPS) is 18.0. The number of anilines is 1. The summed E-state index contributed by atoms with van der Waals surface area (Å²) < 4.78 is 65.6. The average molecular weight is 544 g/mol. The van der Waals surface area contributed by atoms with Gasteiger partial charge in [0.05, 0.1) is 16.9 Å². The first-order valence-electron chi connectivity index (χ1n) is 11.3. The van der Waals surface area contributed by atoms with E-state index in [0.717, 1.165) is 22.6 Å². The Morgan fingerprint density at radius 2 is 1.50 bits per heavy atom. The predicted molar refractivity (Wildman–Crippen MR) is 146 cm³/mol. The molecule has 2 aromatic carbocycles. The third-order valence-corrected chi connectivity index (χ3v) is 7.60. The second-order valence-corrected chi connectivity index (χ2v) is 11.8. The topological polar surface area (TPSA) is 124 Å². The molecule has 0 fully saturated rings. The van der Waals surface area contributed by atoms with Crippen molar-refractivity contribution in [3.8, 4) is 0 Å². The van der Waals surface area contributed by atoms with E-state index in [-0.39, 0.29) is 53.9 Å². The van der Waals surface area contributed by atoms with Gasteiger partial charge in [0.25, 0.3) is 20.2 Å². The molecule has 1 atom stereocenters. The van der Waals surface area contributed by atoms with E-state index in [4.69, 9.17) is 0 Å². The zero-order chi connectivity index (χ0) is 25.5. The van der Waals surface area contributed by atoms with Crippen LogP contribution in [0.15, 0.2) is 79.0 Å². The molecule has 0 aromatic heterocycles. The number of fused-ring (bicyclic) bond motifs is 1. The molecule has 1 aliphatic rings. The average Bonchev–Trinajstić information content (AvgIpc) is 3.01. The fourth-order valence-electron chi connectivity index (χ4n) is 4.41. The first-order valence-corrected chi connectivity index (χ1v) is 14.5. The van der Waals surface area contributed by atoms with Crippen molar-refractivity contribution in [2.24, 2.45) is 0 Å². The van der Waals surface area contributed by atoms with E-state index in [1.54, 1.807) is 6.20 Å². The molecule has 1 heterocycles. The van der Waals surface area contributed by atoms with Crippen molar-refractivity contribution in [1.29, 1.82) is 0 Å². The number of hydrogen-bond donors (Lipinski definition) is 3. The molecule has 3 N–H and O–H groups in total. The molecule has 190 valence electrons. The molecule has 0 saturated carbocycles. The van der Waals surface area contributed by atoms with Crippen LogP contribution in [0.4, 0.5) is 11.4 Å². The fraction of sp³-hybridized carbons (Fsp3) is 0.320. The minimum atomic E-state index is -4.09. The Bertz CT molecular complexity index is 1340. The van der Waals surface area contributed by atoms with E-state index in [1.165, 1.54) is 0 Å². The molecular formula is C25H32N2NaO6S2+. The molecule has 36 heavy (non-hydrogen) atoms. The van der Waals surface area contributed by atoms with Crippen molar-refractivity contribution in [2.45, 2.75) is 31.6 Å². The maximum atomic E-state index is 11.3. The Morgan fingerprint density at radius 3 is 2.17 bits per heavy atom. The number of hydrogen-bond acceptors (Lipinski definition) is 5. The van der Waals surface area contributed by atoms with Gasteiger partial charge in [0.15, 0.2) is 5.71 Å². The van der Waals surface area contributed by atoms with E-state index in [1.807, 2.05) is 84.3 Å². The van der Waals surface area contributed by atoms with Crippen molar-refractivity contribution in [3.05, 3.63) is 84.6 Å². The van der Waals surface area contributed by atoms with Gasteiger partial charge in [0.2, 0.25) is 5.69 Å². The van der Waals surface area contributed by atoms with Gasteiger partial charge in [0, 0.05) is 36.0 Å². The summed E-state index contributed by atoms with van der Waals surface area (Å²) >= 11 is 0. The molecular weight excluding hydrogens is 511 g/mol. The van der Waals surface area contributed by atoms with Crippen LogP contribution < -0.4 is 5.32 Å². The monoisotopic (exact) mass is 543 g/mol. The molecule has 8 nitrogen and oxygen atoms in total. The van der Waals surface area contributed by atoms with Gasteiger partial charge in [-0.2, -0.15) is 21.4 Å². The predicted octanol–water partition coefficient (Wildman–Crippen LogP) is 3.52. The van der Waals surface area contributed by atoms with Crippen LogP contribution in [0, 0.1) is 0 Å². The SMILES string of the molecule is CC1(CCCS(=O)(=O)O)C(/C=C/C=C/Nc2ccccc2)=[N+](CCCS(=O)(=O)O)c2ccccc21.[NaH]. The minimum absolute atomic E-state index is 0. The van der Waals surface area contributed by atoms with Crippen LogP contribution in [0.25, 0.3) is 0 Å². The van der Waals surface area contributed by atoms with Crippen molar-refractivity contribution < 1.29 is 30.5 Å². The second kappa shape index (κ2) is 13.1. The van der Waals surface area contributed by atoms with E-state index in [9.17, 15) is 25.9 Å². The number of nitrogens with zero attached hydrogens (tertiary/aromatic N) is 1. The zero-order valence-electron chi connectivity index (χ0n) is 19.5. The first kappa shape index (κ1) is 30.4. The number of para-hydroxylation sites is 2. The van der Waals surface area contributed by atoms with E-state index >= 15 is 0 Å². The van der Waals surface area contributed by atoms with Gasteiger partial charge in [0.1, 0.15) is 6.54 Å². The zero-order valence-corrected chi connectivity index (χ0v) is 21.2. The summed E-state index contributed by atoms with van der Waals surface area (Å²) in [7, 11) is -8.18. The van der Waals surface area contributed by atoms with E-state index in [0.29, 0.717) is 13.0 Å². The van der Waals surface area contributed by atoms with Crippen molar-refractivity contribution in [3.63, 3.8) is 0 Å². The molecule has 1 unspecified atom stereocenters. The molecule has 0 spiro atoms. The molecule has 1 aliphatic heterocycles. The van der Waals surface area contributed by atoms with E-state index in [2.05, 4.69) is 5.32 Å². The van der Waals surface area contributed by atoms with Gasteiger partial charge in [-0.1, -0.05) is 42.5 Å². The summed E-state index contributed by atoms with van der Waals surface area (Å²) in [6.07, 6.45) is 8.38. The Hall–Kier alpha value is -1.79. The molecule has 0 bridgehead atoms. The number of benzene rings is 2. The Kier molecular flexibility index (Phi) is 11.1. The summed E-state index contributed by atoms with van der Waals surface area (Å²) in [4.78, 5) is 0. The van der Waals surface area contributed by atoms with Crippen molar-refractivity contribution in [2.75, 3.05) is 23.4 Å². The molecule has 0 radical (unpaired) electrons. The summed E-state index contributed by atoms with van der Waals surface area (Å²) in [5.74, 6) is -0.700. The third kappa shape index (κ3) is 8.65. The van der Waals surface area contributed by atoms with Crippen molar-refractivity contribution in [1.82, 2.24) is 0 Å². The van der Waals surface area contributed by atoms with Crippen LogP contribution in [0.5, 0.6) is 0 Å². The van der Waals surface area contributed by atoms with Gasteiger partial charge in [-0.05, 0) is 38.0 Å². The summed E-state index contributed by atoms with van der Waals surface area (Å²) in [6.45, 7) is 2.38. The Balaban J connectivity index is 0.00000456. The van der Waals surface area contributed by atoms with Crippen LogP contribution in [0.1, 0.15) is 31.7 Å². The maximum absolute atomic E-state index is 11.3. The van der Waals surface area contributed by atoms with Gasteiger partial charge in [-0.3, -0.25) is 9.11 Å². The van der Waals surface area contributed by atoms with Gasteiger partial charge in [-0.25, -0.2) is 0 Å². The van der Waals surface area contributed by atoms with Crippen LogP contribution in [-0.2, 0) is 25.7 Å². The van der Waals surface area contributed by atoms with Crippen LogP contribution in [0.3, 0.4) is 0 Å². The van der Waals surface area contributed by atoms with Gasteiger partial charge < -0.3 is 5.32 Å². The Morgan fingerprint density at radius 1 is 0.889 bits per heavy atom. The van der Waals surface area contributed by atoms with E-state index < -0.39 is 25.7 Å². The quantitative estimate of drug-likeness (QED) is 0.162. The second-order valence-electron chi connectivity index (χ2n) is 8.64. The van der Waals surface area contributed by atoms with Gasteiger partial charge >= 0.3 is 29.6 Å². The third-order valence-electron chi connectivity index (χ3n) is 5.99. The van der Waals surface area contributed by atoms with Gasteiger partial charge in [-0.15, -0.1) is 0 Å². The summed E-state index contributed by atoms with van der Waals surface area (Å²) in [5.41, 5.74) is 3.17. The van der Waals surface area contributed by atoms with Crippen LogP contribution in [0.2, 0.25) is 0 Å². The number of nitrogens with one attached hydrogen (secondary N) is 1. The molecule has 11 heteroatoms. The summed E-state index contributed by atoms with van der Waals surface area (Å²) in [5, 5.41) is 3.18. The van der Waals surface area contributed by atoms with Crippen molar-refractivity contribution >= 4 is 66.9 Å². The molecule has 0 aliphatic carbocycles. The molecule has 0 amide bonds. The number of allylic oxidation sites excluding steroid dienone is 3. The van der Waals surface area contributed by atoms with Crippen LogP contribution in [-0.4, -0.2) is 83.8 Å². The summed E-state index contributed by atoms with van der Waals surface area (Å²) in [6, 6.07) is 17.4. The standard InChI is InChI=1S/C25H30N2O6S2.Na.H/c1-25(16-9-19-34(28,29)30)22-13-5-6-14-23(22)27(18-10-20-35(31,32)33)24(25)15-7-8-17-26-21-11-3-2-4-12-21;;/h2-8,11-15,17H,9-10,16,18-20H2,1H3,(H2,28,29,30,31,32,33);;/p+1. The van der Waals surface area contributed by atoms with Crippen LogP contribution >= 0.6 is 0 Å². The Labute approximate surface area is 235 Å². The number of rotatable bonds is 12. The molecule has 2 aromatic rings. The first-order chi connectivity index (χ1) is 16.5.